The zero-order valence-corrected chi connectivity index (χ0v) is 11.9. The highest BCUT2D eigenvalue weighted by Gasteiger charge is 2.20. The number of carbonyl (C=O) groups excluding carboxylic acids is 1. The molecule has 1 aromatic rings. The van der Waals surface area contributed by atoms with E-state index in [0.717, 1.165) is 11.5 Å². The zero-order chi connectivity index (χ0) is 13.0. The predicted molar refractivity (Wildman–Crippen MR) is 70.0 cm³/mol. The summed E-state index contributed by atoms with van der Waals surface area (Å²) in [7, 11) is 0. The first kappa shape index (κ1) is 14.1. The molecule has 0 unspecified atom stereocenters. The highest BCUT2D eigenvalue weighted by Crippen LogP contribution is 2.20. The summed E-state index contributed by atoms with van der Waals surface area (Å²) in [5, 5.41) is 3.88. The van der Waals surface area contributed by atoms with Crippen molar-refractivity contribution in [1.29, 1.82) is 0 Å². The smallest absolute Gasteiger partial charge is 0.282 e. The van der Waals surface area contributed by atoms with Crippen LogP contribution in [0.25, 0.3) is 0 Å². The molecule has 0 aliphatic heterocycles. The summed E-state index contributed by atoms with van der Waals surface area (Å²) in [6.45, 7) is 9.97. The van der Waals surface area contributed by atoms with Crippen molar-refractivity contribution in [1.82, 2.24) is 10.1 Å². The maximum absolute atomic E-state index is 12.0. The van der Waals surface area contributed by atoms with Crippen LogP contribution in [0.2, 0.25) is 0 Å². The van der Waals surface area contributed by atoms with Crippen molar-refractivity contribution in [2.24, 2.45) is 0 Å². The van der Waals surface area contributed by atoms with E-state index in [-0.39, 0.29) is 17.3 Å². The number of hydrogen-bond acceptors (Lipinski definition) is 4. The van der Waals surface area contributed by atoms with Gasteiger partial charge in [0.05, 0.1) is 11.4 Å². The zero-order valence-electron chi connectivity index (χ0n) is 11.1. The van der Waals surface area contributed by atoms with Gasteiger partial charge in [-0.15, -0.1) is 0 Å². The molecule has 0 atom stereocenters. The molecule has 1 heterocycles. The van der Waals surface area contributed by atoms with E-state index >= 15 is 0 Å². The van der Waals surface area contributed by atoms with Crippen LogP contribution < -0.4 is 0 Å². The third-order valence-electron chi connectivity index (χ3n) is 2.34. The minimum atomic E-state index is 0.0871. The molecule has 5 heteroatoms. The summed E-state index contributed by atoms with van der Waals surface area (Å²) in [5.74, 6) is 1.28. The van der Waals surface area contributed by atoms with Crippen molar-refractivity contribution < 1.29 is 9.32 Å². The highest BCUT2D eigenvalue weighted by atomic mass is 32.2. The van der Waals surface area contributed by atoms with Gasteiger partial charge < -0.3 is 9.42 Å². The Labute approximate surface area is 107 Å². The van der Waals surface area contributed by atoms with E-state index in [9.17, 15) is 4.79 Å². The average Bonchev–Trinajstić information content (AvgIpc) is 2.60. The molecule has 1 aromatic heterocycles. The quantitative estimate of drug-likeness (QED) is 0.827. The van der Waals surface area contributed by atoms with Crippen molar-refractivity contribution >= 4 is 17.0 Å². The van der Waals surface area contributed by atoms with Gasteiger partial charge in [0.25, 0.3) is 5.24 Å². The van der Waals surface area contributed by atoms with E-state index in [4.69, 9.17) is 4.52 Å². The first-order chi connectivity index (χ1) is 7.91. The molecule has 0 aliphatic carbocycles. The van der Waals surface area contributed by atoms with E-state index in [1.54, 1.807) is 0 Å². The van der Waals surface area contributed by atoms with E-state index in [1.807, 2.05) is 45.6 Å². The van der Waals surface area contributed by atoms with Gasteiger partial charge in [0.15, 0.2) is 0 Å². The molecule has 0 bridgehead atoms. The molecule has 0 aliphatic rings. The Balaban J connectivity index is 2.53. The average molecular weight is 256 g/mol. The van der Waals surface area contributed by atoms with Crippen LogP contribution in [0.15, 0.2) is 10.6 Å². The standard InChI is InChI=1S/C12H20N2O2S/c1-8(2)14(9(3)4)12(15)17-7-11-6-10(5)13-16-11/h6,8-9H,7H2,1-5H3. The van der Waals surface area contributed by atoms with E-state index < -0.39 is 0 Å². The third kappa shape index (κ3) is 4.07. The lowest BCUT2D eigenvalue weighted by molar-refractivity contribution is 0.190. The first-order valence-electron chi connectivity index (χ1n) is 5.79. The monoisotopic (exact) mass is 256 g/mol. The van der Waals surface area contributed by atoms with Gasteiger partial charge in [0.2, 0.25) is 0 Å². The number of carbonyl (C=O) groups is 1. The van der Waals surface area contributed by atoms with Crippen molar-refractivity contribution in [3.63, 3.8) is 0 Å². The Bertz CT molecular complexity index is 366. The number of nitrogens with zero attached hydrogens (tertiary/aromatic N) is 2. The molecular weight excluding hydrogens is 236 g/mol. The van der Waals surface area contributed by atoms with Crippen LogP contribution in [0.4, 0.5) is 4.79 Å². The number of thioether (sulfide) groups is 1. The van der Waals surface area contributed by atoms with Crippen LogP contribution in [0, 0.1) is 6.92 Å². The van der Waals surface area contributed by atoms with Crippen LogP contribution >= 0.6 is 11.8 Å². The summed E-state index contributed by atoms with van der Waals surface area (Å²) in [6, 6.07) is 2.29. The summed E-state index contributed by atoms with van der Waals surface area (Å²) in [5.41, 5.74) is 0.845. The van der Waals surface area contributed by atoms with Gasteiger partial charge in [0.1, 0.15) is 5.76 Å². The molecule has 0 saturated carbocycles. The van der Waals surface area contributed by atoms with E-state index in [0.29, 0.717) is 5.75 Å². The Kier molecular flexibility index (Phi) is 5.05. The highest BCUT2D eigenvalue weighted by molar-refractivity contribution is 8.12. The fourth-order valence-electron chi connectivity index (χ4n) is 1.71. The first-order valence-corrected chi connectivity index (χ1v) is 6.77. The normalized spacial score (nSPS) is 11.2. The third-order valence-corrected chi connectivity index (χ3v) is 3.22. The molecule has 17 heavy (non-hydrogen) atoms. The van der Waals surface area contributed by atoms with Gasteiger partial charge in [-0.25, -0.2) is 0 Å². The molecule has 0 aromatic carbocycles. The predicted octanol–water partition coefficient (Wildman–Crippen LogP) is 3.46. The van der Waals surface area contributed by atoms with Crippen LogP contribution in [-0.4, -0.2) is 27.4 Å². The summed E-state index contributed by atoms with van der Waals surface area (Å²) < 4.78 is 5.07. The van der Waals surface area contributed by atoms with Gasteiger partial charge in [-0.1, -0.05) is 16.9 Å². The summed E-state index contributed by atoms with van der Waals surface area (Å²) >= 11 is 1.26. The number of rotatable bonds is 4. The van der Waals surface area contributed by atoms with Gasteiger partial charge >= 0.3 is 0 Å². The SMILES string of the molecule is Cc1cc(CSC(=O)N(C(C)C)C(C)C)on1. The van der Waals surface area contributed by atoms with Crippen LogP contribution in [0.1, 0.15) is 39.1 Å². The molecule has 0 radical (unpaired) electrons. The van der Waals surface area contributed by atoms with Crippen molar-refractivity contribution in [2.75, 3.05) is 0 Å². The minimum Gasteiger partial charge on any atom is -0.360 e. The topological polar surface area (TPSA) is 46.3 Å². The van der Waals surface area contributed by atoms with E-state index in [2.05, 4.69) is 5.16 Å². The maximum atomic E-state index is 12.0. The van der Waals surface area contributed by atoms with Crippen molar-refractivity contribution in [3.8, 4) is 0 Å². The van der Waals surface area contributed by atoms with Gasteiger partial charge in [-0.3, -0.25) is 4.79 Å². The molecular formula is C12H20N2O2S. The minimum absolute atomic E-state index is 0.0871. The van der Waals surface area contributed by atoms with Crippen LogP contribution in [0.3, 0.4) is 0 Å². The lowest BCUT2D eigenvalue weighted by Gasteiger charge is -2.30. The van der Waals surface area contributed by atoms with Crippen molar-refractivity contribution in [3.05, 3.63) is 17.5 Å². The Hall–Kier alpha value is -0.970. The lowest BCUT2D eigenvalue weighted by atomic mass is 10.2. The molecule has 1 amide bonds. The fourth-order valence-corrected chi connectivity index (χ4v) is 2.68. The van der Waals surface area contributed by atoms with Gasteiger partial charge in [-0.2, -0.15) is 0 Å². The van der Waals surface area contributed by atoms with Crippen LogP contribution in [0.5, 0.6) is 0 Å². The molecule has 0 spiro atoms. The molecule has 96 valence electrons. The largest absolute Gasteiger partial charge is 0.360 e. The second-order valence-corrected chi connectivity index (χ2v) is 5.51. The molecule has 0 fully saturated rings. The molecule has 1 rings (SSSR count). The van der Waals surface area contributed by atoms with Gasteiger partial charge in [-0.05, 0) is 34.6 Å². The second-order valence-electron chi connectivity index (χ2n) is 4.58. The number of hydrogen-bond donors (Lipinski definition) is 0. The molecule has 4 nitrogen and oxygen atoms in total. The number of amides is 1. The Morgan fingerprint density at radius 3 is 2.41 bits per heavy atom. The maximum Gasteiger partial charge on any atom is 0.282 e. The van der Waals surface area contributed by atoms with E-state index in [1.165, 1.54) is 11.8 Å². The summed E-state index contributed by atoms with van der Waals surface area (Å²) in [4.78, 5) is 13.9. The number of aromatic nitrogens is 1. The molecule has 0 N–H and O–H groups in total. The molecule has 0 saturated heterocycles. The second kappa shape index (κ2) is 6.10. The lowest BCUT2D eigenvalue weighted by Crippen LogP contribution is -2.39. The Morgan fingerprint density at radius 1 is 1.41 bits per heavy atom. The van der Waals surface area contributed by atoms with Crippen molar-refractivity contribution in [2.45, 2.75) is 52.5 Å². The van der Waals surface area contributed by atoms with Crippen LogP contribution in [-0.2, 0) is 5.75 Å². The summed E-state index contributed by atoms with van der Waals surface area (Å²) in [6.07, 6.45) is 0. The fraction of sp³-hybridized carbons (Fsp3) is 0.667. The number of aryl methyl sites for hydroxylation is 1. The Morgan fingerprint density at radius 2 is 2.00 bits per heavy atom. The van der Waals surface area contributed by atoms with Gasteiger partial charge in [0, 0.05) is 18.2 Å².